The molecule has 0 saturated heterocycles. The van der Waals surface area contributed by atoms with Gasteiger partial charge in [-0.25, -0.2) is 0 Å². The monoisotopic (exact) mass is 347 g/mol. The Labute approximate surface area is 129 Å². The van der Waals surface area contributed by atoms with E-state index >= 15 is 0 Å². The molecule has 0 fully saturated rings. The standard InChI is InChI=1S/C15H10BrNO2S/c1-17-14(18)12-7-6-11(8-13(12)15(17)19)20-10-4-2-9(16)3-5-10/h2-8H,1H3. The van der Waals surface area contributed by atoms with Crippen LogP contribution in [0.15, 0.2) is 56.7 Å². The lowest BCUT2D eigenvalue weighted by molar-refractivity contribution is 0.0693. The van der Waals surface area contributed by atoms with Gasteiger partial charge in [-0.15, -0.1) is 0 Å². The van der Waals surface area contributed by atoms with Gasteiger partial charge in [-0.2, -0.15) is 0 Å². The third kappa shape index (κ3) is 2.27. The van der Waals surface area contributed by atoms with Crippen LogP contribution in [0.4, 0.5) is 0 Å². The highest BCUT2D eigenvalue weighted by Gasteiger charge is 2.32. The van der Waals surface area contributed by atoms with Crippen LogP contribution in [-0.4, -0.2) is 23.8 Å². The first-order chi connectivity index (χ1) is 9.56. The lowest BCUT2D eigenvalue weighted by atomic mass is 10.1. The first kappa shape index (κ1) is 13.4. The SMILES string of the molecule is CN1C(=O)c2ccc(Sc3ccc(Br)cc3)cc2C1=O. The molecule has 5 heteroatoms. The Bertz CT molecular complexity index is 712. The minimum atomic E-state index is -0.233. The number of hydrogen-bond donors (Lipinski definition) is 0. The van der Waals surface area contributed by atoms with E-state index in [2.05, 4.69) is 15.9 Å². The number of carbonyl (C=O) groups excluding carboxylic acids is 2. The predicted molar refractivity (Wildman–Crippen MR) is 81.1 cm³/mol. The van der Waals surface area contributed by atoms with Crippen molar-refractivity contribution < 1.29 is 9.59 Å². The molecule has 0 bridgehead atoms. The van der Waals surface area contributed by atoms with Crippen LogP contribution >= 0.6 is 27.7 Å². The number of halogens is 1. The van der Waals surface area contributed by atoms with Crippen LogP contribution in [0, 0.1) is 0 Å². The molecule has 0 N–H and O–H groups in total. The summed E-state index contributed by atoms with van der Waals surface area (Å²) in [6, 6.07) is 13.3. The number of fused-ring (bicyclic) bond motifs is 1. The topological polar surface area (TPSA) is 37.4 Å². The summed E-state index contributed by atoms with van der Waals surface area (Å²) in [6.45, 7) is 0. The molecule has 2 aromatic carbocycles. The van der Waals surface area contributed by atoms with Crippen molar-refractivity contribution in [2.24, 2.45) is 0 Å². The average molecular weight is 348 g/mol. The lowest BCUT2D eigenvalue weighted by Gasteiger charge is -2.03. The summed E-state index contributed by atoms with van der Waals surface area (Å²) in [5, 5.41) is 0. The van der Waals surface area contributed by atoms with Crippen molar-refractivity contribution in [2.45, 2.75) is 9.79 Å². The molecule has 0 unspecified atom stereocenters. The van der Waals surface area contributed by atoms with Gasteiger partial charge in [-0.1, -0.05) is 27.7 Å². The van der Waals surface area contributed by atoms with E-state index in [1.807, 2.05) is 30.3 Å². The van der Waals surface area contributed by atoms with Crippen LogP contribution in [0.25, 0.3) is 0 Å². The molecule has 2 amide bonds. The molecule has 3 rings (SSSR count). The zero-order valence-corrected chi connectivity index (χ0v) is 13.0. The largest absolute Gasteiger partial charge is 0.277 e. The highest BCUT2D eigenvalue weighted by molar-refractivity contribution is 9.10. The zero-order valence-electron chi connectivity index (χ0n) is 10.6. The third-order valence-electron chi connectivity index (χ3n) is 3.11. The summed E-state index contributed by atoms with van der Waals surface area (Å²) in [7, 11) is 1.51. The van der Waals surface area contributed by atoms with Gasteiger partial charge in [0.15, 0.2) is 0 Å². The minimum Gasteiger partial charge on any atom is -0.277 e. The maximum absolute atomic E-state index is 11.9. The number of rotatable bonds is 2. The second kappa shape index (κ2) is 5.07. The van der Waals surface area contributed by atoms with Gasteiger partial charge in [0.2, 0.25) is 0 Å². The first-order valence-corrected chi connectivity index (χ1v) is 7.57. The van der Waals surface area contributed by atoms with E-state index in [4.69, 9.17) is 0 Å². The highest BCUT2D eigenvalue weighted by atomic mass is 79.9. The van der Waals surface area contributed by atoms with E-state index < -0.39 is 0 Å². The maximum atomic E-state index is 11.9. The van der Waals surface area contributed by atoms with Crippen molar-refractivity contribution >= 4 is 39.5 Å². The van der Waals surface area contributed by atoms with Crippen molar-refractivity contribution in [1.29, 1.82) is 0 Å². The molecule has 1 heterocycles. The Morgan fingerprint density at radius 2 is 1.50 bits per heavy atom. The fourth-order valence-corrected chi connectivity index (χ4v) is 3.16. The number of hydrogen-bond acceptors (Lipinski definition) is 3. The van der Waals surface area contributed by atoms with Crippen LogP contribution in [0.3, 0.4) is 0 Å². The van der Waals surface area contributed by atoms with Crippen molar-refractivity contribution in [2.75, 3.05) is 7.05 Å². The van der Waals surface area contributed by atoms with Crippen molar-refractivity contribution in [3.05, 3.63) is 58.1 Å². The molecule has 0 atom stereocenters. The normalized spacial score (nSPS) is 13.8. The summed E-state index contributed by atoms with van der Waals surface area (Å²) in [6.07, 6.45) is 0. The molecule has 3 nitrogen and oxygen atoms in total. The van der Waals surface area contributed by atoms with Gasteiger partial charge in [0.25, 0.3) is 11.8 Å². The van der Waals surface area contributed by atoms with E-state index in [9.17, 15) is 9.59 Å². The third-order valence-corrected chi connectivity index (χ3v) is 4.64. The lowest BCUT2D eigenvalue weighted by Crippen LogP contribution is -2.24. The van der Waals surface area contributed by atoms with E-state index in [1.165, 1.54) is 7.05 Å². The van der Waals surface area contributed by atoms with Crippen molar-refractivity contribution in [1.82, 2.24) is 4.90 Å². The van der Waals surface area contributed by atoms with Gasteiger partial charge in [0, 0.05) is 21.3 Å². The van der Waals surface area contributed by atoms with Crippen LogP contribution in [0.1, 0.15) is 20.7 Å². The summed E-state index contributed by atoms with van der Waals surface area (Å²) in [5.74, 6) is -0.464. The minimum absolute atomic E-state index is 0.231. The summed E-state index contributed by atoms with van der Waals surface area (Å²) in [5.41, 5.74) is 0.970. The fourth-order valence-electron chi connectivity index (χ4n) is 2.04. The molecule has 0 spiro atoms. The Hall–Kier alpha value is -1.59. The summed E-state index contributed by atoms with van der Waals surface area (Å²) >= 11 is 4.96. The molecule has 0 radical (unpaired) electrons. The molecular formula is C15H10BrNO2S. The Kier molecular flexibility index (Phi) is 3.40. The Morgan fingerprint density at radius 3 is 2.20 bits per heavy atom. The molecule has 0 aliphatic carbocycles. The molecule has 0 saturated carbocycles. The smallest absolute Gasteiger partial charge is 0.261 e. The molecule has 2 aromatic rings. The summed E-state index contributed by atoms with van der Waals surface area (Å²) < 4.78 is 1.03. The van der Waals surface area contributed by atoms with Gasteiger partial charge in [-0.05, 0) is 42.5 Å². The number of imide groups is 1. The predicted octanol–water partition coefficient (Wildman–Crippen LogP) is 3.83. The zero-order chi connectivity index (χ0) is 14.3. The first-order valence-electron chi connectivity index (χ1n) is 5.96. The molecule has 1 aliphatic heterocycles. The molecular weight excluding hydrogens is 338 g/mol. The second-order valence-corrected chi connectivity index (χ2v) is 6.50. The fraction of sp³-hybridized carbons (Fsp3) is 0.0667. The maximum Gasteiger partial charge on any atom is 0.261 e. The van der Waals surface area contributed by atoms with Crippen LogP contribution in [-0.2, 0) is 0 Å². The van der Waals surface area contributed by atoms with Gasteiger partial charge in [-0.3, -0.25) is 14.5 Å². The number of benzene rings is 2. The van der Waals surface area contributed by atoms with Crippen molar-refractivity contribution in [3.63, 3.8) is 0 Å². The van der Waals surface area contributed by atoms with Crippen LogP contribution in [0.5, 0.6) is 0 Å². The Balaban J connectivity index is 1.92. The van der Waals surface area contributed by atoms with Crippen molar-refractivity contribution in [3.8, 4) is 0 Å². The van der Waals surface area contributed by atoms with Gasteiger partial charge in [0.05, 0.1) is 11.1 Å². The average Bonchev–Trinajstić information content (AvgIpc) is 2.66. The number of amides is 2. The highest BCUT2D eigenvalue weighted by Crippen LogP contribution is 2.32. The van der Waals surface area contributed by atoms with E-state index in [0.717, 1.165) is 19.2 Å². The number of nitrogens with zero attached hydrogens (tertiary/aromatic N) is 1. The molecule has 1 aliphatic rings. The molecule has 100 valence electrons. The second-order valence-electron chi connectivity index (χ2n) is 4.43. The van der Waals surface area contributed by atoms with Crippen LogP contribution < -0.4 is 0 Å². The number of carbonyl (C=O) groups is 2. The van der Waals surface area contributed by atoms with Gasteiger partial charge in [0.1, 0.15) is 0 Å². The van der Waals surface area contributed by atoms with Gasteiger partial charge >= 0.3 is 0 Å². The molecule has 0 aromatic heterocycles. The van der Waals surface area contributed by atoms with E-state index in [-0.39, 0.29) is 11.8 Å². The Morgan fingerprint density at radius 1 is 0.900 bits per heavy atom. The van der Waals surface area contributed by atoms with E-state index in [0.29, 0.717) is 11.1 Å². The molecule has 20 heavy (non-hydrogen) atoms. The van der Waals surface area contributed by atoms with Gasteiger partial charge < -0.3 is 0 Å². The van der Waals surface area contributed by atoms with E-state index in [1.54, 1.807) is 23.9 Å². The van der Waals surface area contributed by atoms with Crippen LogP contribution in [0.2, 0.25) is 0 Å². The summed E-state index contributed by atoms with van der Waals surface area (Å²) in [4.78, 5) is 26.9. The quantitative estimate of drug-likeness (QED) is 0.775.